The van der Waals surface area contributed by atoms with Gasteiger partial charge in [-0.05, 0) is 49.1 Å². The molecule has 1 fully saturated rings. The molecule has 1 atom stereocenters. The highest BCUT2D eigenvalue weighted by atomic mass is 19.1. The lowest BCUT2D eigenvalue weighted by Crippen LogP contribution is -2.48. The van der Waals surface area contributed by atoms with E-state index < -0.39 is 17.3 Å². The number of aromatic nitrogens is 6. The number of carbonyl (C=O) groups excluding carboxylic acids is 1. The number of nitrogens with one attached hydrogen (secondary N) is 2. The van der Waals surface area contributed by atoms with Crippen LogP contribution in [0.25, 0.3) is 11.1 Å². The van der Waals surface area contributed by atoms with E-state index >= 15 is 4.39 Å². The van der Waals surface area contributed by atoms with E-state index in [-0.39, 0.29) is 5.82 Å². The topological polar surface area (TPSA) is 111 Å². The average Bonchev–Trinajstić information content (AvgIpc) is 3.28. The van der Waals surface area contributed by atoms with E-state index in [2.05, 4.69) is 32.9 Å². The predicted molar refractivity (Wildman–Crippen MR) is 118 cm³/mol. The van der Waals surface area contributed by atoms with Gasteiger partial charge in [-0.1, -0.05) is 19.4 Å². The summed E-state index contributed by atoms with van der Waals surface area (Å²) in [6, 6.07) is 7.08. The van der Waals surface area contributed by atoms with Crippen molar-refractivity contribution >= 4 is 17.1 Å². The van der Waals surface area contributed by atoms with Gasteiger partial charge in [-0.25, -0.2) is 4.39 Å². The molecule has 10 heteroatoms. The van der Waals surface area contributed by atoms with Crippen LogP contribution >= 0.6 is 0 Å². The quantitative estimate of drug-likeness (QED) is 0.508. The van der Waals surface area contributed by atoms with Crippen LogP contribution < -0.4 is 10.1 Å². The number of unbranched alkanes of at least 4 members (excludes halogenated alkanes) is 1. The van der Waals surface area contributed by atoms with Crippen molar-refractivity contribution in [1.29, 1.82) is 0 Å². The molecule has 3 heterocycles. The second-order valence-electron chi connectivity index (χ2n) is 8.81. The lowest BCUT2D eigenvalue weighted by atomic mass is 9.79. The highest BCUT2D eigenvalue weighted by molar-refractivity contribution is 6.27. The van der Waals surface area contributed by atoms with Crippen molar-refractivity contribution in [2.45, 2.75) is 57.5 Å². The standard InChI is InChI=1S/C23H26FN7O2/c1-3-4-11-33-15-7-8-17(18(24)12-15)23(2)13-16(19-9-10-31(28-19)14-5-6-14)20(22(32)25-23)21-26-29-30-27-21/h7-10,12,14H,3-6,11,13H2,1-2H3,(H,25,32)(H,26,27,29,30)/t23-/m0/s1. The minimum atomic E-state index is -0.991. The first-order valence-electron chi connectivity index (χ1n) is 11.3. The lowest BCUT2D eigenvalue weighted by molar-refractivity contribution is -0.117. The van der Waals surface area contributed by atoms with Gasteiger partial charge in [-0.3, -0.25) is 9.48 Å². The fourth-order valence-corrected chi connectivity index (χ4v) is 4.23. The summed E-state index contributed by atoms with van der Waals surface area (Å²) in [5.41, 5.74) is 0.995. The molecule has 33 heavy (non-hydrogen) atoms. The van der Waals surface area contributed by atoms with Crippen molar-refractivity contribution < 1.29 is 13.9 Å². The summed E-state index contributed by atoms with van der Waals surface area (Å²) >= 11 is 0. The number of benzene rings is 1. The SMILES string of the molecule is CCCCOc1ccc([C@]2(C)CC(c3ccn(C4CC4)n3)=C(c3nn[nH]n3)C(=O)N2)c(F)c1. The minimum Gasteiger partial charge on any atom is -0.493 e. The zero-order valence-electron chi connectivity index (χ0n) is 18.6. The third-order valence-corrected chi connectivity index (χ3v) is 6.16. The summed E-state index contributed by atoms with van der Waals surface area (Å²) in [5.74, 6) is -0.172. The van der Waals surface area contributed by atoms with Gasteiger partial charge in [0, 0.05) is 24.2 Å². The summed E-state index contributed by atoms with van der Waals surface area (Å²) in [7, 11) is 0. The second-order valence-corrected chi connectivity index (χ2v) is 8.81. The Labute approximate surface area is 190 Å². The van der Waals surface area contributed by atoms with Crippen molar-refractivity contribution in [1.82, 2.24) is 35.7 Å². The first-order chi connectivity index (χ1) is 16.0. The Bertz CT molecular complexity index is 1200. The third-order valence-electron chi connectivity index (χ3n) is 6.16. The van der Waals surface area contributed by atoms with Gasteiger partial charge in [0.25, 0.3) is 5.91 Å². The van der Waals surface area contributed by atoms with E-state index in [0.29, 0.717) is 47.2 Å². The Kier molecular flexibility index (Phi) is 5.43. The van der Waals surface area contributed by atoms with Crippen LogP contribution in [0.2, 0.25) is 0 Å². The number of hydrogen-bond acceptors (Lipinski definition) is 6. The molecule has 9 nitrogen and oxygen atoms in total. The maximum absolute atomic E-state index is 15.2. The number of hydrogen-bond donors (Lipinski definition) is 2. The summed E-state index contributed by atoms with van der Waals surface area (Å²) < 4.78 is 22.8. The molecule has 172 valence electrons. The van der Waals surface area contributed by atoms with Gasteiger partial charge in [0.15, 0.2) is 0 Å². The molecule has 0 bridgehead atoms. The summed E-state index contributed by atoms with van der Waals surface area (Å²) in [5, 5.41) is 21.7. The van der Waals surface area contributed by atoms with Gasteiger partial charge in [0.1, 0.15) is 11.6 Å². The fourth-order valence-electron chi connectivity index (χ4n) is 4.23. The zero-order chi connectivity index (χ0) is 23.0. The summed E-state index contributed by atoms with van der Waals surface area (Å²) in [6.07, 6.45) is 6.32. The van der Waals surface area contributed by atoms with E-state index in [9.17, 15) is 4.79 Å². The molecule has 3 aromatic rings. The van der Waals surface area contributed by atoms with Gasteiger partial charge in [0.05, 0.1) is 29.5 Å². The van der Waals surface area contributed by atoms with E-state index in [1.54, 1.807) is 12.1 Å². The maximum Gasteiger partial charge on any atom is 0.256 e. The normalized spacial score (nSPS) is 20.8. The average molecular weight is 452 g/mol. The molecule has 0 radical (unpaired) electrons. The van der Waals surface area contributed by atoms with E-state index in [4.69, 9.17) is 9.84 Å². The van der Waals surface area contributed by atoms with Crippen LogP contribution in [-0.4, -0.2) is 42.9 Å². The van der Waals surface area contributed by atoms with Crippen molar-refractivity contribution in [3.8, 4) is 5.75 Å². The number of tetrazole rings is 1. The van der Waals surface area contributed by atoms with Gasteiger partial charge >= 0.3 is 0 Å². The zero-order valence-corrected chi connectivity index (χ0v) is 18.6. The molecule has 2 aliphatic rings. The van der Waals surface area contributed by atoms with Gasteiger partial charge in [-0.15, -0.1) is 10.2 Å². The number of aromatic amines is 1. The number of H-pyrrole nitrogens is 1. The van der Waals surface area contributed by atoms with Gasteiger partial charge in [0.2, 0.25) is 5.82 Å². The Morgan fingerprint density at radius 2 is 2.15 bits per heavy atom. The molecule has 2 N–H and O–H groups in total. The number of nitrogens with zero attached hydrogens (tertiary/aromatic N) is 5. The largest absolute Gasteiger partial charge is 0.493 e. The molecule has 0 saturated heterocycles. The van der Waals surface area contributed by atoms with Crippen LogP contribution in [0, 0.1) is 5.82 Å². The van der Waals surface area contributed by atoms with E-state index in [1.165, 1.54) is 6.07 Å². The van der Waals surface area contributed by atoms with Crippen LogP contribution in [0.3, 0.4) is 0 Å². The van der Waals surface area contributed by atoms with Crippen molar-refractivity contribution in [2.75, 3.05) is 6.61 Å². The molecule has 0 unspecified atom stereocenters. The lowest BCUT2D eigenvalue weighted by Gasteiger charge is -2.37. The number of ether oxygens (including phenoxy) is 1. The second kappa shape index (κ2) is 8.42. The molecular weight excluding hydrogens is 425 g/mol. The molecule has 1 aliphatic carbocycles. The molecule has 5 rings (SSSR count). The van der Waals surface area contributed by atoms with Crippen LogP contribution in [0.1, 0.15) is 69.1 Å². The molecular formula is C23H26FN7O2. The highest BCUT2D eigenvalue weighted by Gasteiger charge is 2.41. The smallest absolute Gasteiger partial charge is 0.256 e. The summed E-state index contributed by atoms with van der Waals surface area (Å²) in [6.45, 7) is 4.42. The van der Waals surface area contributed by atoms with Crippen LogP contribution in [0.4, 0.5) is 4.39 Å². The Morgan fingerprint density at radius 1 is 1.30 bits per heavy atom. The van der Waals surface area contributed by atoms with E-state index in [1.807, 2.05) is 23.9 Å². The maximum atomic E-state index is 15.2. The van der Waals surface area contributed by atoms with Gasteiger partial charge in [-0.2, -0.15) is 10.3 Å². The fraction of sp³-hybridized carbons (Fsp3) is 0.435. The van der Waals surface area contributed by atoms with Crippen molar-refractivity contribution in [3.63, 3.8) is 0 Å². The van der Waals surface area contributed by atoms with Crippen molar-refractivity contribution in [2.24, 2.45) is 0 Å². The molecule has 1 amide bonds. The Hall–Kier alpha value is -3.56. The molecule has 1 aliphatic heterocycles. The highest BCUT2D eigenvalue weighted by Crippen LogP contribution is 2.42. The molecule has 2 aromatic heterocycles. The Balaban J connectivity index is 1.52. The predicted octanol–water partition coefficient (Wildman–Crippen LogP) is 3.40. The molecule has 0 spiro atoms. The molecule has 1 aromatic carbocycles. The van der Waals surface area contributed by atoms with Gasteiger partial charge < -0.3 is 10.1 Å². The van der Waals surface area contributed by atoms with Crippen LogP contribution in [-0.2, 0) is 10.3 Å². The van der Waals surface area contributed by atoms with Crippen molar-refractivity contribution in [3.05, 3.63) is 53.4 Å². The number of carbonyl (C=O) groups is 1. The van der Waals surface area contributed by atoms with Crippen LogP contribution in [0.5, 0.6) is 5.75 Å². The minimum absolute atomic E-state index is 0.186. The number of halogens is 1. The number of amides is 1. The van der Waals surface area contributed by atoms with Crippen LogP contribution in [0.15, 0.2) is 30.5 Å². The monoisotopic (exact) mass is 451 g/mol. The first-order valence-corrected chi connectivity index (χ1v) is 11.3. The Morgan fingerprint density at radius 3 is 2.85 bits per heavy atom. The first kappa shape index (κ1) is 21.3. The third kappa shape index (κ3) is 4.12. The van der Waals surface area contributed by atoms with E-state index in [0.717, 1.165) is 25.7 Å². The summed E-state index contributed by atoms with van der Waals surface area (Å²) in [4.78, 5) is 13.3. The number of rotatable bonds is 8. The molecule has 1 saturated carbocycles.